The molecule has 13 heteroatoms. The quantitative estimate of drug-likeness (QED) is 0.143. The van der Waals surface area contributed by atoms with Gasteiger partial charge in [-0.2, -0.15) is 12.6 Å². The summed E-state index contributed by atoms with van der Waals surface area (Å²) in [7, 11) is 0. The first kappa shape index (κ1) is 30.1. The van der Waals surface area contributed by atoms with Crippen LogP contribution in [0.25, 0.3) is 0 Å². The summed E-state index contributed by atoms with van der Waals surface area (Å²) < 4.78 is 0. The topological polar surface area (TPSA) is 208 Å². The number of nitrogens with two attached hydrogens (primary N) is 1. The van der Waals surface area contributed by atoms with Crippen molar-refractivity contribution >= 4 is 42.3 Å². The fraction of sp³-hybridized carbons (Fsp3) is 0.320. The lowest BCUT2D eigenvalue weighted by Gasteiger charge is -2.24. The van der Waals surface area contributed by atoms with E-state index in [1.54, 1.807) is 42.5 Å². The Morgan fingerprint density at radius 3 is 1.82 bits per heavy atom. The van der Waals surface area contributed by atoms with Crippen LogP contribution in [0, 0.1) is 0 Å². The van der Waals surface area contributed by atoms with Crippen molar-refractivity contribution in [2.45, 2.75) is 43.4 Å². The Morgan fingerprint density at radius 1 is 0.737 bits per heavy atom. The van der Waals surface area contributed by atoms with Crippen LogP contribution in [0.15, 0.2) is 54.6 Å². The second-order valence-corrected chi connectivity index (χ2v) is 8.83. The molecule has 0 aliphatic heterocycles. The Kier molecular flexibility index (Phi) is 11.6. The van der Waals surface area contributed by atoms with Gasteiger partial charge < -0.3 is 37.0 Å². The van der Waals surface area contributed by atoms with Gasteiger partial charge in [-0.3, -0.25) is 19.2 Å². The highest BCUT2D eigenvalue weighted by molar-refractivity contribution is 7.80. The summed E-state index contributed by atoms with van der Waals surface area (Å²) in [5, 5.41) is 34.8. The number of aromatic hydroxyl groups is 1. The smallest absolute Gasteiger partial charge is 0.327 e. The lowest BCUT2D eigenvalue weighted by atomic mass is 10.0. The molecule has 0 heterocycles. The fourth-order valence-electron chi connectivity index (χ4n) is 3.43. The van der Waals surface area contributed by atoms with Gasteiger partial charge in [0.25, 0.3) is 0 Å². The van der Waals surface area contributed by atoms with Gasteiger partial charge in [-0.15, -0.1) is 0 Å². The number of rotatable bonds is 14. The number of phenols is 1. The highest BCUT2D eigenvalue weighted by atomic mass is 32.1. The molecule has 38 heavy (non-hydrogen) atoms. The summed E-state index contributed by atoms with van der Waals surface area (Å²) in [5.74, 6) is -5.58. The van der Waals surface area contributed by atoms with Crippen molar-refractivity contribution in [3.8, 4) is 5.75 Å². The van der Waals surface area contributed by atoms with Crippen LogP contribution in [-0.2, 0) is 36.8 Å². The van der Waals surface area contributed by atoms with E-state index in [2.05, 4.69) is 28.6 Å². The normalized spacial score (nSPS) is 13.8. The molecule has 12 nitrogen and oxygen atoms in total. The van der Waals surface area contributed by atoms with Crippen LogP contribution in [0.4, 0.5) is 0 Å². The van der Waals surface area contributed by atoms with Crippen molar-refractivity contribution in [2.24, 2.45) is 5.73 Å². The van der Waals surface area contributed by atoms with E-state index in [1.165, 1.54) is 12.1 Å². The minimum absolute atomic E-state index is 0.000143. The maximum Gasteiger partial charge on any atom is 0.327 e. The van der Waals surface area contributed by atoms with Crippen LogP contribution in [0.5, 0.6) is 5.75 Å². The van der Waals surface area contributed by atoms with Crippen molar-refractivity contribution in [2.75, 3.05) is 5.75 Å². The Bertz CT molecular complexity index is 1130. The van der Waals surface area contributed by atoms with Gasteiger partial charge in [-0.1, -0.05) is 42.5 Å². The monoisotopic (exact) mass is 546 g/mol. The van der Waals surface area contributed by atoms with E-state index in [1.807, 2.05) is 0 Å². The first-order valence-corrected chi connectivity index (χ1v) is 12.2. The second-order valence-electron chi connectivity index (χ2n) is 8.47. The first-order valence-electron chi connectivity index (χ1n) is 11.5. The fourth-order valence-corrected chi connectivity index (χ4v) is 3.68. The third kappa shape index (κ3) is 9.75. The van der Waals surface area contributed by atoms with Crippen molar-refractivity contribution in [1.29, 1.82) is 0 Å². The van der Waals surface area contributed by atoms with Gasteiger partial charge in [0.1, 0.15) is 23.9 Å². The van der Waals surface area contributed by atoms with E-state index >= 15 is 0 Å². The molecule has 4 unspecified atom stereocenters. The van der Waals surface area contributed by atoms with Crippen LogP contribution >= 0.6 is 12.6 Å². The standard InChI is InChI=1S/C25H30N4O8S/c26-17(10-15-6-8-16(30)9-7-15)22(33)27-18(11-14-4-2-1-3-5-14)23(34)28-19(12-21(31)32)24(35)29-20(13-38)25(36)37/h1-9,17-20,30,38H,10-13,26H2,(H,27,33)(H,28,34)(H,29,35)(H,31,32)(H,36,37). The molecule has 0 aromatic heterocycles. The maximum atomic E-state index is 13.2. The van der Waals surface area contributed by atoms with Gasteiger partial charge in [0.2, 0.25) is 17.7 Å². The van der Waals surface area contributed by atoms with Crippen molar-refractivity contribution in [3.05, 3.63) is 65.7 Å². The minimum atomic E-state index is -1.62. The molecule has 0 aliphatic rings. The van der Waals surface area contributed by atoms with E-state index < -0.39 is 60.2 Å². The van der Waals surface area contributed by atoms with E-state index in [4.69, 9.17) is 10.8 Å². The summed E-state index contributed by atoms with van der Waals surface area (Å²) in [6.45, 7) is 0. The molecule has 0 saturated carbocycles. The Hall–Kier alpha value is -4.10. The Morgan fingerprint density at radius 2 is 1.26 bits per heavy atom. The summed E-state index contributed by atoms with van der Waals surface area (Å²) in [4.78, 5) is 61.2. The van der Waals surface area contributed by atoms with E-state index in [0.717, 1.165) is 0 Å². The largest absolute Gasteiger partial charge is 0.508 e. The number of benzene rings is 2. The summed E-state index contributed by atoms with van der Waals surface area (Å²) in [6, 6.07) is 9.42. The number of amides is 3. The molecule has 2 aromatic carbocycles. The number of carbonyl (C=O) groups excluding carboxylic acids is 3. The number of carboxylic acids is 2. The average molecular weight is 547 g/mol. The number of phenolic OH excluding ortho intramolecular Hbond substituents is 1. The minimum Gasteiger partial charge on any atom is -0.508 e. The molecule has 8 N–H and O–H groups in total. The first-order chi connectivity index (χ1) is 18.0. The lowest BCUT2D eigenvalue weighted by Crippen LogP contribution is -2.58. The average Bonchev–Trinajstić information content (AvgIpc) is 2.87. The zero-order valence-corrected chi connectivity index (χ0v) is 21.1. The number of hydrogen-bond donors (Lipinski definition) is 8. The van der Waals surface area contributed by atoms with Gasteiger partial charge in [0.15, 0.2) is 0 Å². The summed E-state index contributed by atoms with van der Waals surface area (Å²) in [5.41, 5.74) is 7.37. The van der Waals surface area contributed by atoms with Crippen molar-refractivity contribution < 1.29 is 39.3 Å². The van der Waals surface area contributed by atoms with Crippen LogP contribution in [0.1, 0.15) is 17.5 Å². The molecule has 0 aliphatic carbocycles. The lowest BCUT2D eigenvalue weighted by molar-refractivity contribution is -0.143. The molecule has 0 bridgehead atoms. The Labute approximate surface area is 224 Å². The van der Waals surface area contributed by atoms with Gasteiger partial charge >= 0.3 is 11.9 Å². The van der Waals surface area contributed by atoms with Crippen molar-refractivity contribution in [1.82, 2.24) is 16.0 Å². The predicted octanol–water partition coefficient (Wildman–Crippen LogP) is -0.552. The molecule has 2 rings (SSSR count). The molecule has 0 saturated heterocycles. The van der Waals surface area contributed by atoms with Gasteiger partial charge in [-0.05, 0) is 29.7 Å². The molecule has 0 spiro atoms. The molecule has 0 radical (unpaired) electrons. The molecular formula is C25H30N4O8S. The van der Waals surface area contributed by atoms with Crippen LogP contribution in [-0.4, -0.2) is 74.9 Å². The maximum absolute atomic E-state index is 13.2. The van der Waals surface area contributed by atoms with Crippen molar-refractivity contribution in [3.63, 3.8) is 0 Å². The van der Waals surface area contributed by atoms with E-state index in [0.29, 0.717) is 11.1 Å². The molecule has 204 valence electrons. The van der Waals surface area contributed by atoms with Crippen LogP contribution < -0.4 is 21.7 Å². The number of carboxylic acid groups (broad SMARTS) is 2. The number of thiol groups is 1. The van der Waals surface area contributed by atoms with Crippen LogP contribution in [0.3, 0.4) is 0 Å². The third-order valence-electron chi connectivity index (χ3n) is 5.45. The number of aliphatic carboxylic acids is 2. The third-order valence-corrected chi connectivity index (χ3v) is 5.82. The Balaban J connectivity index is 2.20. The SMILES string of the molecule is NC(Cc1ccc(O)cc1)C(=O)NC(Cc1ccccc1)C(=O)NC(CC(=O)O)C(=O)NC(CS)C(=O)O. The van der Waals surface area contributed by atoms with E-state index in [-0.39, 0.29) is 24.3 Å². The zero-order valence-electron chi connectivity index (χ0n) is 20.2. The summed E-state index contributed by atoms with van der Waals surface area (Å²) in [6.07, 6.45) is -0.723. The van der Waals surface area contributed by atoms with Gasteiger partial charge in [0, 0.05) is 12.2 Å². The van der Waals surface area contributed by atoms with E-state index in [9.17, 15) is 34.2 Å². The second kappa shape index (κ2) is 14.6. The molecule has 0 fully saturated rings. The predicted molar refractivity (Wildman–Crippen MR) is 139 cm³/mol. The number of carbonyl (C=O) groups is 5. The zero-order chi connectivity index (χ0) is 28.2. The molecule has 4 atom stereocenters. The van der Waals surface area contributed by atoms with Crippen LogP contribution in [0.2, 0.25) is 0 Å². The highest BCUT2D eigenvalue weighted by Gasteiger charge is 2.31. The van der Waals surface area contributed by atoms with Gasteiger partial charge in [-0.25, -0.2) is 4.79 Å². The van der Waals surface area contributed by atoms with Gasteiger partial charge in [0.05, 0.1) is 12.5 Å². The molecular weight excluding hydrogens is 516 g/mol. The summed E-state index contributed by atoms with van der Waals surface area (Å²) >= 11 is 3.85. The molecule has 3 amide bonds. The number of hydrogen-bond acceptors (Lipinski definition) is 8. The highest BCUT2D eigenvalue weighted by Crippen LogP contribution is 2.11. The molecule has 2 aromatic rings. The number of nitrogens with one attached hydrogen (secondary N) is 3.